The van der Waals surface area contributed by atoms with E-state index in [4.69, 9.17) is 4.74 Å². The van der Waals surface area contributed by atoms with Gasteiger partial charge in [0.15, 0.2) is 11.5 Å². The lowest BCUT2D eigenvalue weighted by atomic mass is 10.1. The molecule has 138 valence electrons. The van der Waals surface area contributed by atoms with E-state index in [0.29, 0.717) is 15.7 Å². The number of methoxy groups -OCH3 is 1. The van der Waals surface area contributed by atoms with Gasteiger partial charge in [-0.25, -0.2) is 9.69 Å². The number of amides is 4. The molecule has 0 aromatic heterocycles. The van der Waals surface area contributed by atoms with Crippen molar-refractivity contribution >= 4 is 45.5 Å². The number of phenolic OH excluding ortho intramolecular Hbond substituents is 1. The second kappa shape index (κ2) is 7.24. The Morgan fingerprint density at radius 1 is 1.19 bits per heavy atom. The second-order valence-electron chi connectivity index (χ2n) is 5.85. The number of urea groups is 1. The van der Waals surface area contributed by atoms with Gasteiger partial charge in [-0.05, 0) is 64.3 Å². The quantitative estimate of drug-likeness (QED) is 0.575. The molecule has 1 aliphatic heterocycles. The number of barbiturate groups is 1. The molecule has 1 aliphatic rings. The van der Waals surface area contributed by atoms with Gasteiger partial charge in [-0.15, -0.1) is 0 Å². The van der Waals surface area contributed by atoms with Crippen LogP contribution in [0.1, 0.15) is 11.1 Å². The summed E-state index contributed by atoms with van der Waals surface area (Å²) in [5, 5.41) is 12.1. The van der Waals surface area contributed by atoms with E-state index in [-0.39, 0.29) is 17.1 Å². The van der Waals surface area contributed by atoms with Crippen molar-refractivity contribution in [3.63, 3.8) is 0 Å². The Morgan fingerprint density at radius 3 is 2.59 bits per heavy atom. The number of hydrogen-bond donors (Lipinski definition) is 2. The van der Waals surface area contributed by atoms with E-state index in [0.717, 1.165) is 10.5 Å². The highest BCUT2D eigenvalue weighted by molar-refractivity contribution is 9.10. The van der Waals surface area contributed by atoms with Gasteiger partial charge in [0.1, 0.15) is 5.57 Å². The maximum atomic E-state index is 12.9. The van der Waals surface area contributed by atoms with Gasteiger partial charge in [0, 0.05) is 0 Å². The molecule has 2 N–H and O–H groups in total. The normalized spacial score (nSPS) is 15.9. The lowest BCUT2D eigenvalue weighted by Gasteiger charge is -2.26. The van der Waals surface area contributed by atoms with Crippen LogP contribution in [-0.2, 0) is 9.59 Å². The Bertz CT molecular complexity index is 1000. The highest BCUT2D eigenvalue weighted by Crippen LogP contribution is 2.36. The zero-order valence-corrected chi connectivity index (χ0v) is 16.0. The van der Waals surface area contributed by atoms with Crippen LogP contribution in [0.4, 0.5) is 10.5 Å². The van der Waals surface area contributed by atoms with Gasteiger partial charge in [-0.2, -0.15) is 0 Å². The number of imide groups is 2. The van der Waals surface area contributed by atoms with Crippen molar-refractivity contribution in [3.8, 4) is 11.5 Å². The van der Waals surface area contributed by atoms with Crippen LogP contribution in [0.2, 0.25) is 0 Å². The first-order valence-electron chi connectivity index (χ1n) is 7.86. The number of carbonyl (C=O) groups is 3. The van der Waals surface area contributed by atoms with Gasteiger partial charge in [0.05, 0.1) is 17.3 Å². The number of benzene rings is 2. The maximum absolute atomic E-state index is 12.9. The van der Waals surface area contributed by atoms with Crippen LogP contribution in [0, 0.1) is 6.92 Å². The molecule has 3 rings (SSSR count). The molecule has 1 saturated heterocycles. The van der Waals surface area contributed by atoms with Gasteiger partial charge >= 0.3 is 6.03 Å². The maximum Gasteiger partial charge on any atom is 0.335 e. The molecule has 2 aromatic carbocycles. The topological polar surface area (TPSA) is 95.9 Å². The van der Waals surface area contributed by atoms with E-state index in [1.54, 1.807) is 18.2 Å². The van der Waals surface area contributed by atoms with E-state index in [1.165, 1.54) is 25.3 Å². The molecule has 4 amide bonds. The van der Waals surface area contributed by atoms with E-state index in [1.807, 2.05) is 13.0 Å². The summed E-state index contributed by atoms with van der Waals surface area (Å²) in [6.07, 6.45) is 1.33. The predicted octanol–water partition coefficient (Wildman–Crippen LogP) is 3.14. The molecule has 8 heteroatoms. The Morgan fingerprint density at radius 2 is 1.93 bits per heavy atom. The van der Waals surface area contributed by atoms with Gasteiger partial charge < -0.3 is 9.84 Å². The molecule has 0 spiro atoms. The van der Waals surface area contributed by atoms with E-state index < -0.39 is 17.8 Å². The fourth-order valence-electron chi connectivity index (χ4n) is 2.66. The van der Waals surface area contributed by atoms with Crippen LogP contribution in [0.25, 0.3) is 6.08 Å². The van der Waals surface area contributed by atoms with Crippen molar-refractivity contribution in [3.05, 3.63) is 57.6 Å². The first-order valence-corrected chi connectivity index (χ1v) is 8.65. The van der Waals surface area contributed by atoms with Gasteiger partial charge in [-0.1, -0.05) is 12.1 Å². The van der Waals surface area contributed by atoms with Crippen molar-refractivity contribution in [2.75, 3.05) is 12.0 Å². The Hall–Kier alpha value is -3.13. The molecule has 0 atom stereocenters. The minimum absolute atomic E-state index is 0.101. The standard InChI is InChI=1S/C19H15BrN2O5/c1-10-4-3-5-12(6-10)22-18(25)13(17(24)21-19(22)26)7-11-8-14(20)16(23)15(9-11)27-2/h3-9,23H,1-2H3,(H,21,24,26)/b13-7+. The monoisotopic (exact) mass is 430 g/mol. The van der Waals surface area contributed by atoms with Crippen molar-refractivity contribution < 1.29 is 24.2 Å². The molecule has 2 aromatic rings. The summed E-state index contributed by atoms with van der Waals surface area (Å²) >= 11 is 3.19. The number of anilines is 1. The fourth-order valence-corrected chi connectivity index (χ4v) is 3.12. The smallest absolute Gasteiger partial charge is 0.335 e. The highest BCUT2D eigenvalue weighted by Gasteiger charge is 2.36. The Balaban J connectivity index is 2.06. The number of carbonyl (C=O) groups excluding carboxylic acids is 3. The summed E-state index contributed by atoms with van der Waals surface area (Å²) in [6.45, 7) is 1.83. The minimum Gasteiger partial charge on any atom is -0.503 e. The summed E-state index contributed by atoms with van der Waals surface area (Å²) < 4.78 is 5.41. The molecule has 0 saturated carbocycles. The number of aromatic hydroxyl groups is 1. The predicted molar refractivity (Wildman–Crippen MR) is 103 cm³/mol. The third-order valence-corrected chi connectivity index (χ3v) is 4.55. The molecule has 7 nitrogen and oxygen atoms in total. The van der Waals surface area contributed by atoms with Crippen LogP contribution < -0.4 is 15.0 Å². The first-order chi connectivity index (χ1) is 12.8. The Kier molecular flexibility index (Phi) is 5.00. The lowest BCUT2D eigenvalue weighted by Crippen LogP contribution is -2.54. The highest BCUT2D eigenvalue weighted by atomic mass is 79.9. The van der Waals surface area contributed by atoms with Crippen LogP contribution in [0.15, 0.2) is 46.4 Å². The van der Waals surface area contributed by atoms with Crippen molar-refractivity contribution in [1.82, 2.24) is 5.32 Å². The third kappa shape index (κ3) is 3.56. The lowest BCUT2D eigenvalue weighted by molar-refractivity contribution is -0.122. The minimum atomic E-state index is -0.808. The summed E-state index contributed by atoms with van der Waals surface area (Å²) in [5.74, 6) is -1.46. The molecule has 0 radical (unpaired) electrons. The fraction of sp³-hybridized carbons (Fsp3) is 0.105. The molecular weight excluding hydrogens is 416 g/mol. The summed E-state index contributed by atoms with van der Waals surface area (Å²) in [6, 6.07) is 9.02. The second-order valence-corrected chi connectivity index (χ2v) is 6.70. The molecule has 0 aliphatic carbocycles. The zero-order chi connectivity index (χ0) is 19.7. The van der Waals surface area contributed by atoms with E-state index >= 15 is 0 Å². The molecule has 0 unspecified atom stereocenters. The number of ether oxygens (including phenoxy) is 1. The van der Waals surface area contributed by atoms with E-state index in [2.05, 4.69) is 21.2 Å². The summed E-state index contributed by atoms with van der Waals surface area (Å²) in [7, 11) is 1.38. The average Bonchev–Trinajstić information content (AvgIpc) is 2.61. The van der Waals surface area contributed by atoms with Crippen LogP contribution in [0.5, 0.6) is 11.5 Å². The number of hydrogen-bond acceptors (Lipinski definition) is 5. The summed E-state index contributed by atoms with van der Waals surface area (Å²) in [5.41, 5.74) is 1.45. The molecule has 0 bridgehead atoms. The molecule has 27 heavy (non-hydrogen) atoms. The number of halogens is 1. The van der Waals surface area contributed by atoms with Crippen molar-refractivity contribution in [1.29, 1.82) is 0 Å². The largest absolute Gasteiger partial charge is 0.503 e. The summed E-state index contributed by atoms with van der Waals surface area (Å²) in [4.78, 5) is 38.2. The number of nitrogens with one attached hydrogen (secondary N) is 1. The number of phenols is 1. The number of aryl methyl sites for hydroxylation is 1. The average molecular weight is 431 g/mol. The first kappa shape index (κ1) is 18.7. The Labute approximate surface area is 163 Å². The van der Waals surface area contributed by atoms with Crippen LogP contribution in [-0.4, -0.2) is 30.1 Å². The zero-order valence-electron chi connectivity index (χ0n) is 14.4. The van der Waals surface area contributed by atoms with Crippen LogP contribution in [0.3, 0.4) is 0 Å². The molecular formula is C19H15BrN2O5. The SMILES string of the molecule is COc1cc(/C=C2\C(=O)NC(=O)N(c3cccc(C)c3)C2=O)cc(Br)c1O. The molecule has 1 heterocycles. The number of rotatable bonds is 3. The van der Waals surface area contributed by atoms with Gasteiger partial charge in [0.2, 0.25) is 0 Å². The van der Waals surface area contributed by atoms with Crippen molar-refractivity contribution in [2.45, 2.75) is 6.92 Å². The van der Waals surface area contributed by atoms with Crippen LogP contribution >= 0.6 is 15.9 Å². The van der Waals surface area contributed by atoms with Crippen molar-refractivity contribution in [2.24, 2.45) is 0 Å². The van der Waals surface area contributed by atoms with Gasteiger partial charge in [0.25, 0.3) is 11.8 Å². The van der Waals surface area contributed by atoms with Gasteiger partial charge in [-0.3, -0.25) is 14.9 Å². The van der Waals surface area contributed by atoms with E-state index in [9.17, 15) is 19.5 Å². The molecule has 1 fully saturated rings. The third-order valence-electron chi connectivity index (χ3n) is 3.94. The number of nitrogens with zero attached hydrogens (tertiary/aromatic N) is 1.